The van der Waals surface area contributed by atoms with Crippen molar-refractivity contribution in [3.05, 3.63) is 69.2 Å². The number of benzene rings is 2. The molecule has 2 rings (SSSR count). The topological polar surface area (TPSA) is 145 Å². The van der Waals surface area contributed by atoms with E-state index in [1.54, 1.807) is 51.1 Å². The van der Waals surface area contributed by atoms with Gasteiger partial charge in [-0.15, -0.1) is 0 Å². The molecule has 0 aliphatic carbocycles. The van der Waals surface area contributed by atoms with Crippen LogP contribution in [0.15, 0.2) is 53.4 Å². The molecule has 0 bridgehead atoms. The molecule has 2 aromatic rings. The molecule has 1 atom stereocenters. The zero-order valence-corrected chi connectivity index (χ0v) is 19.1. The van der Waals surface area contributed by atoms with Gasteiger partial charge >= 0.3 is 6.09 Å². The molecule has 2 aromatic carbocycles. The summed E-state index contributed by atoms with van der Waals surface area (Å²) in [5.41, 5.74) is -0.815. The number of halogens is 1. The van der Waals surface area contributed by atoms with Gasteiger partial charge in [0.1, 0.15) is 16.7 Å². The van der Waals surface area contributed by atoms with Gasteiger partial charge in [-0.25, -0.2) is 17.9 Å². The van der Waals surface area contributed by atoms with E-state index in [9.17, 15) is 28.1 Å². The van der Waals surface area contributed by atoms with Gasteiger partial charge in [-0.2, -0.15) is 0 Å². The van der Waals surface area contributed by atoms with E-state index in [1.807, 2.05) is 4.72 Å². The molecule has 0 aromatic heterocycles. The molecule has 32 heavy (non-hydrogen) atoms. The van der Waals surface area contributed by atoms with Crippen LogP contribution in [0.3, 0.4) is 0 Å². The number of hydrogen-bond donors (Lipinski definition) is 2. The molecule has 0 radical (unpaired) electrons. The van der Waals surface area contributed by atoms with E-state index in [0.29, 0.717) is 5.56 Å². The summed E-state index contributed by atoms with van der Waals surface area (Å²) in [6.07, 6.45) is -0.935. The number of ether oxygens (including phenoxy) is 1. The Balaban J connectivity index is 2.28. The van der Waals surface area contributed by atoms with Crippen LogP contribution in [0.1, 0.15) is 26.3 Å². The van der Waals surface area contributed by atoms with E-state index in [4.69, 9.17) is 16.3 Å². The number of nitrogens with zero attached hydrogens (tertiary/aromatic N) is 1. The first kappa shape index (κ1) is 25.1. The number of nitrogens with one attached hydrogen (secondary N) is 2. The van der Waals surface area contributed by atoms with Gasteiger partial charge in [0.05, 0.1) is 9.82 Å². The largest absolute Gasteiger partial charge is 0.444 e. The first-order valence-corrected chi connectivity index (χ1v) is 11.2. The lowest BCUT2D eigenvalue weighted by molar-refractivity contribution is -0.384. The maximum absolute atomic E-state index is 12.8. The summed E-state index contributed by atoms with van der Waals surface area (Å²) in [6.45, 7) is 4.91. The van der Waals surface area contributed by atoms with Gasteiger partial charge in [0.15, 0.2) is 0 Å². The van der Waals surface area contributed by atoms with Gasteiger partial charge in [0.25, 0.3) is 21.6 Å². The number of rotatable bonds is 7. The smallest absolute Gasteiger partial charge is 0.408 e. The highest BCUT2D eigenvalue weighted by atomic mass is 35.5. The third-order valence-electron chi connectivity index (χ3n) is 3.95. The zero-order valence-electron chi connectivity index (χ0n) is 17.5. The number of nitro groups is 1. The Morgan fingerprint density at radius 1 is 1.16 bits per heavy atom. The van der Waals surface area contributed by atoms with Crippen molar-refractivity contribution < 1.29 is 27.7 Å². The predicted octanol–water partition coefficient (Wildman–Crippen LogP) is 3.19. The third-order valence-corrected chi connectivity index (χ3v) is 5.61. The number of carbonyl (C=O) groups is 2. The first-order chi connectivity index (χ1) is 14.8. The van der Waals surface area contributed by atoms with E-state index in [-0.39, 0.29) is 11.4 Å². The average Bonchev–Trinajstić information content (AvgIpc) is 2.66. The Kier molecular flexibility index (Phi) is 7.81. The summed E-state index contributed by atoms with van der Waals surface area (Å²) in [5.74, 6) is -1.04. The van der Waals surface area contributed by atoms with E-state index in [2.05, 4.69) is 5.32 Å². The second-order valence-corrected chi connectivity index (χ2v) is 9.82. The fraction of sp³-hybridized carbons (Fsp3) is 0.300. The Morgan fingerprint density at radius 2 is 1.78 bits per heavy atom. The van der Waals surface area contributed by atoms with Crippen LogP contribution in [-0.2, 0) is 26.0 Å². The molecule has 0 heterocycles. The standard InChI is InChI=1S/C20H22ClN3O7S/c1-20(2,3)31-19(26)22-16(11-13-7-5-4-6-8-13)18(25)23-32(29,30)14-9-10-15(21)17(12-14)24(27)28/h4-10,12,16H,11H2,1-3H3,(H,22,26)(H,23,25)/t16-/m0/s1. The van der Waals surface area contributed by atoms with E-state index < -0.39 is 49.2 Å². The molecule has 0 aliphatic heterocycles. The lowest BCUT2D eigenvalue weighted by atomic mass is 10.1. The molecule has 0 fully saturated rings. The van der Waals surface area contributed by atoms with Crippen LogP contribution >= 0.6 is 11.6 Å². The molecule has 0 saturated heterocycles. The average molecular weight is 484 g/mol. The summed E-state index contributed by atoms with van der Waals surface area (Å²) in [4.78, 5) is 34.7. The molecule has 0 spiro atoms. The van der Waals surface area contributed by atoms with E-state index in [1.165, 1.54) is 0 Å². The van der Waals surface area contributed by atoms with Crippen LogP contribution in [-0.4, -0.2) is 37.0 Å². The Hall–Kier alpha value is -3.18. The first-order valence-electron chi connectivity index (χ1n) is 9.32. The Morgan fingerprint density at radius 3 is 2.34 bits per heavy atom. The maximum atomic E-state index is 12.8. The molecule has 0 saturated carbocycles. The molecule has 10 nitrogen and oxygen atoms in total. The van der Waals surface area contributed by atoms with Crippen LogP contribution in [0.4, 0.5) is 10.5 Å². The highest BCUT2D eigenvalue weighted by Crippen LogP contribution is 2.27. The number of alkyl carbamates (subject to hydrolysis) is 1. The second-order valence-electron chi connectivity index (χ2n) is 7.73. The molecule has 0 aliphatic rings. The van der Waals surface area contributed by atoms with Gasteiger partial charge in [0.2, 0.25) is 0 Å². The monoisotopic (exact) mass is 483 g/mol. The molecule has 12 heteroatoms. The summed E-state index contributed by atoms with van der Waals surface area (Å²) in [6, 6.07) is 10.1. The van der Waals surface area contributed by atoms with Crippen molar-refractivity contribution in [2.24, 2.45) is 0 Å². The molecular formula is C20H22ClN3O7S. The minimum Gasteiger partial charge on any atom is -0.444 e. The maximum Gasteiger partial charge on any atom is 0.408 e. The van der Waals surface area contributed by atoms with Crippen molar-refractivity contribution in [1.29, 1.82) is 0 Å². The van der Waals surface area contributed by atoms with Crippen LogP contribution < -0.4 is 10.0 Å². The van der Waals surface area contributed by atoms with Crippen LogP contribution in [0.5, 0.6) is 0 Å². The van der Waals surface area contributed by atoms with E-state index >= 15 is 0 Å². The fourth-order valence-electron chi connectivity index (χ4n) is 2.57. The second kappa shape index (κ2) is 9.96. The van der Waals surface area contributed by atoms with Gasteiger partial charge in [-0.3, -0.25) is 14.9 Å². The van der Waals surface area contributed by atoms with Gasteiger partial charge in [-0.05, 0) is 38.5 Å². The third kappa shape index (κ3) is 7.20. The van der Waals surface area contributed by atoms with Crippen molar-refractivity contribution in [2.45, 2.75) is 43.7 Å². The fourth-order valence-corrected chi connectivity index (χ4v) is 3.80. The summed E-state index contributed by atoms with van der Waals surface area (Å²) in [5, 5.41) is 13.2. The minimum absolute atomic E-state index is 0.0256. The molecule has 172 valence electrons. The van der Waals surface area contributed by atoms with Crippen molar-refractivity contribution in [3.63, 3.8) is 0 Å². The highest BCUT2D eigenvalue weighted by molar-refractivity contribution is 7.90. The predicted molar refractivity (Wildman–Crippen MR) is 117 cm³/mol. The van der Waals surface area contributed by atoms with Gasteiger partial charge in [0, 0.05) is 12.5 Å². The summed E-state index contributed by atoms with van der Waals surface area (Å²) >= 11 is 5.71. The normalized spacial score (nSPS) is 12.5. The molecule has 2 amide bonds. The molecular weight excluding hydrogens is 462 g/mol. The van der Waals surface area contributed by atoms with Crippen LogP contribution in [0.2, 0.25) is 5.02 Å². The van der Waals surface area contributed by atoms with Gasteiger partial charge in [-0.1, -0.05) is 41.9 Å². The van der Waals surface area contributed by atoms with Crippen molar-refractivity contribution in [1.82, 2.24) is 10.0 Å². The summed E-state index contributed by atoms with van der Waals surface area (Å²) in [7, 11) is -4.50. The van der Waals surface area contributed by atoms with Crippen molar-refractivity contribution in [3.8, 4) is 0 Å². The zero-order chi connectivity index (χ0) is 24.1. The summed E-state index contributed by atoms with van der Waals surface area (Å²) < 4.78 is 32.3. The van der Waals surface area contributed by atoms with Gasteiger partial charge < -0.3 is 10.1 Å². The lowest BCUT2D eigenvalue weighted by Crippen LogP contribution is -2.50. The molecule has 2 N–H and O–H groups in total. The Bertz CT molecular complexity index is 1120. The Labute approximate surface area is 190 Å². The van der Waals surface area contributed by atoms with Crippen molar-refractivity contribution in [2.75, 3.05) is 0 Å². The van der Waals surface area contributed by atoms with Crippen LogP contribution in [0.25, 0.3) is 0 Å². The number of sulfonamides is 1. The number of amides is 2. The number of hydrogen-bond acceptors (Lipinski definition) is 7. The number of carbonyl (C=O) groups excluding carboxylic acids is 2. The van der Waals surface area contributed by atoms with Crippen LogP contribution in [0, 0.1) is 10.1 Å². The van der Waals surface area contributed by atoms with E-state index in [0.717, 1.165) is 18.2 Å². The molecule has 0 unspecified atom stereocenters. The van der Waals surface area contributed by atoms with Crippen molar-refractivity contribution >= 4 is 39.3 Å². The number of nitro benzene ring substituents is 1. The minimum atomic E-state index is -4.50. The highest BCUT2D eigenvalue weighted by Gasteiger charge is 2.29. The lowest BCUT2D eigenvalue weighted by Gasteiger charge is -2.23. The quantitative estimate of drug-likeness (QED) is 0.454. The SMILES string of the molecule is CC(C)(C)OC(=O)N[C@@H](Cc1ccccc1)C(=O)NS(=O)(=O)c1ccc(Cl)c([N+](=O)[O-])c1.